The molecule has 29 heavy (non-hydrogen) atoms. The van der Waals surface area contributed by atoms with Crippen molar-refractivity contribution in [2.45, 2.75) is 20.0 Å². The number of hydrogen-bond donors (Lipinski definition) is 0. The summed E-state index contributed by atoms with van der Waals surface area (Å²) >= 11 is 0. The van der Waals surface area contributed by atoms with Crippen molar-refractivity contribution in [3.8, 4) is 5.88 Å². The fraction of sp³-hybridized carbons (Fsp3) is 0.182. The number of rotatable bonds is 6. The SMILES string of the molecule is CCOC(=O)Oc1cc2cc(F)ccc2n1Cc1nccn1Cc1ccccc1. The smallest absolute Gasteiger partial charge is 0.434 e. The van der Waals surface area contributed by atoms with Gasteiger partial charge in [0, 0.05) is 30.4 Å². The number of aromatic nitrogens is 3. The number of imidazole rings is 1. The Bertz CT molecular complexity index is 1130. The Labute approximate surface area is 167 Å². The lowest BCUT2D eigenvalue weighted by atomic mass is 10.2. The summed E-state index contributed by atoms with van der Waals surface area (Å²) in [5.74, 6) is 0.700. The average Bonchev–Trinajstić information content (AvgIpc) is 3.27. The lowest BCUT2D eigenvalue weighted by molar-refractivity contribution is 0.101. The first kappa shape index (κ1) is 18.7. The molecular formula is C22H20FN3O3. The predicted molar refractivity (Wildman–Crippen MR) is 106 cm³/mol. The molecule has 0 amide bonds. The first-order valence-electron chi connectivity index (χ1n) is 9.31. The zero-order valence-electron chi connectivity index (χ0n) is 15.9. The highest BCUT2D eigenvalue weighted by atomic mass is 19.1. The van der Waals surface area contributed by atoms with Gasteiger partial charge in [0.25, 0.3) is 0 Å². The third kappa shape index (κ3) is 4.13. The van der Waals surface area contributed by atoms with Crippen LogP contribution in [0.1, 0.15) is 18.3 Å². The zero-order valence-corrected chi connectivity index (χ0v) is 15.9. The molecule has 0 spiro atoms. The maximum absolute atomic E-state index is 13.7. The number of halogens is 1. The van der Waals surface area contributed by atoms with E-state index in [1.165, 1.54) is 12.1 Å². The summed E-state index contributed by atoms with van der Waals surface area (Å²) in [5.41, 5.74) is 1.88. The third-order valence-electron chi connectivity index (χ3n) is 4.57. The van der Waals surface area contributed by atoms with Crippen LogP contribution in [0, 0.1) is 5.82 Å². The molecule has 6 nitrogen and oxygen atoms in total. The molecule has 0 saturated heterocycles. The van der Waals surface area contributed by atoms with Crippen molar-refractivity contribution in [2.24, 2.45) is 0 Å². The zero-order chi connectivity index (χ0) is 20.2. The standard InChI is InChI=1S/C22H20FN3O3/c1-2-28-22(27)29-21-13-17-12-18(23)8-9-19(17)26(21)15-20-24-10-11-25(20)14-16-6-4-3-5-7-16/h3-13H,2,14-15H2,1H3. The number of carbonyl (C=O) groups excluding carboxylic acids is 1. The van der Waals surface area contributed by atoms with E-state index >= 15 is 0 Å². The van der Waals surface area contributed by atoms with Crippen LogP contribution in [0.4, 0.5) is 9.18 Å². The van der Waals surface area contributed by atoms with E-state index in [0.717, 1.165) is 16.9 Å². The minimum absolute atomic E-state index is 0.204. The highest BCUT2D eigenvalue weighted by molar-refractivity contribution is 5.83. The fourth-order valence-corrected chi connectivity index (χ4v) is 3.25. The number of carbonyl (C=O) groups is 1. The van der Waals surface area contributed by atoms with Crippen LogP contribution in [0.2, 0.25) is 0 Å². The molecule has 2 aromatic carbocycles. The molecule has 0 unspecified atom stereocenters. The van der Waals surface area contributed by atoms with E-state index in [0.29, 0.717) is 18.5 Å². The van der Waals surface area contributed by atoms with Crippen molar-refractivity contribution in [1.82, 2.24) is 14.1 Å². The molecule has 7 heteroatoms. The van der Waals surface area contributed by atoms with E-state index in [1.54, 1.807) is 29.8 Å². The molecule has 0 aliphatic heterocycles. The minimum Gasteiger partial charge on any atom is -0.434 e. The summed E-state index contributed by atoms with van der Waals surface area (Å²) in [4.78, 5) is 16.3. The van der Waals surface area contributed by atoms with Gasteiger partial charge in [0.2, 0.25) is 5.88 Å². The Morgan fingerprint density at radius 2 is 1.93 bits per heavy atom. The highest BCUT2D eigenvalue weighted by Crippen LogP contribution is 2.28. The second-order valence-corrected chi connectivity index (χ2v) is 6.51. The molecule has 2 aromatic heterocycles. The van der Waals surface area contributed by atoms with Gasteiger partial charge >= 0.3 is 6.16 Å². The molecule has 0 atom stereocenters. The second-order valence-electron chi connectivity index (χ2n) is 6.51. The minimum atomic E-state index is -0.801. The van der Waals surface area contributed by atoms with E-state index in [2.05, 4.69) is 4.98 Å². The molecule has 0 aliphatic carbocycles. The molecule has 4 rings (SSSR count). The Kier molecular flexibility index (Phi) is 5.29. The molecule has 0 N–H and O–H groups in total. The topological polar surface area (TPSA) is 58.3 Å². The van der Waals surface area contributed by atoms with E-state index in [4.69, 9.17) is 9.47 Å². The van der Waals surface area contributed by atoms with Gasteiger partial charge in [-0.25, -0.2) is 14.2 Å². The van der Waals surface area contributed by atoms with Crippen LogP contribution >= 0.6 is 0 Å². The summed E-state index contributed by atoms with van der Waals surface area (Å²) in [6.07, 6.45) is 2.83. The van der Waals surface area contributed by atoms with Crippen LogP contribution < -0.4 is 4.74 Å². The van der Waals surface area contributed by atoms with Crippen molar-refractivity contribution >= 4 is 17.1 Å². The highest BCUT2D eigenvalue weighted by Gasteiger charge is 2.17. The van der Waals surface area contributed by atoms with Gasteiger partial charge in [-0.1, -0.05) is 30.3 Å². The second kappa shape index (κ2) is 8.18. The summed E-state index contributed by atoms with van der Waals surface area (Å²) in [5, 5.41) is 0.630. The fourth-order valence-electron chi connectivity index (χ4n) is 3.25. The molecular weight excluding hydrogens is 373 g/mol. The first-order valence-corrected chi connectivity index (χ1v) is 9.31. The van der Waals surface area contributed by atoms with Crippen molar-refractivity contribution in [3.05, 3.63) is 84.2 Å². The van der Waals surface area contributed by atoms with Gasteiger partial charge < -0.3 is 18.6 Å². The van der Waals surface area contributed by atoms with Gasteiger partial charge in [0.05, 0.1) is 18.7 Å². The van der Waals surface area contributed by atoms with E-state index in [9.17, 15) is 9.18 Å². The number of fused-ring (bicyclic) bond motifs is 1. The lowest BCUT2D eigenvalue weighted by Gasteiger charge is -2.12. The van der Waals surface area contributed by atoms with Gasteiger partial charge in [-0.05, 0) is 30.7 Å². The first-order chi connectivity index (χ1) is 14.1. The van der Waals surface area contributed by atoms with E-state index in [-0.39, 0.29) is 18.3 Å². The van der Waals surface area contributed by atoms with Gasteiger partial charge in [0.1, 0.15) is 11.6 Å². The summed E-state index contributed by atoms with van der Waals surface area (Å²) < 4.78 is 27.7. The van der Waals surface area contributed by atoms with Gasteiger partial charge in [-0.15, -0.1) is 0 Å². The molecule has 0 radical (unpaired) electrons. The Morgan fingerprint density at radius 1 is 1.10 bits per heavy atom. The third-order valence-corrected chi connectivity index (χ3v) is 4.57. The molecule has 148 valence electrons. The van der Waals surface area contributed by atoms with Crippen LogP contribution in [0.5, 0.6) is 5.88 Å². The van der Waals surface area contributed by atoms with Crippen molar-refractivity contribution in [2.75, 3.05) is 6.61 Å². The number of ether oxygens (including phenoxy) is 2. The monoisotopic (exact) mass is 393 g/mol. The molecule has 4 aromatic rings. The molecule has 0 bridgehead atoms. The predicted octanol–water partition coefficient (Wildman–Crippen LogP) is 4.61. The number of hydrogen-bond acceptors (Lipinski definition) is 4. The van der Waals surface area contributed by atoms with E-state index < -0.39 is 6.16 Å². The number of nitrogens with zero attached hydrogens (tertiary/aromatic N) is 3. The number of benzene rings is 2. The summed E-state index contributed by atoms with van der Waals surface area (Å²) in [6, 6.07) is 16.1. The van der Waals surface area contributed by atoms with E-state index in [1.807, 2.05) is 41.1 Å². The molecule has 2 heterocycles. The maximum atomic E-state index is 13.7. The Morgan fingerprint density at radius 3 is 2.72 bits per heavy atom. The van der Waals surface area contributed by atoms with Gasteiger partial charge in [0.15, 0.2) is 0 Å². The molecule has 0 saturated carbocycles. The average molecular weight is 393 g/mol. The Hall–Kier alpha value is -3.61. The van der Waals surface area contributed by atoms with Crippen LogP contribution in [-0.2, 0) is 17.8 Å². The van der Waals surface area contributed by atoms with Crippen LogP contribution in [-0.4, -0.2) is 26.9 Å². The summed E-state index contributed by atoms with van der Waals surface area (Å²) in [7, 11) is 0. The van der Waals surface area contributed by atoms with Crippen LogP contribution in [0.3, 0.4) is 0 Å². The van der Waals surface area contributed by atoms with Crippen molar-refractivity contribution in [1.29, 1.82) is 0 Å². The van der Waals surface area contributed by atoms with Crippen molar-refractivity contribution in [3.63, 3.8) is 0 Å². The van der Waals surface area contributed by atoms with Crippen molar-refractivity contribution < 1.29 is 18.7 Å². The molecule has 0 aliphatic rings. The van der Waals surface area contributed by atoms with Crippen LogP contribution in [0.15, 0.2) is 67.0 Å². The van der Waals surface area contributed by atoms with Crippen LogP contribution in [0.25, 0.3) is 10.9 Å². The largest absolute Gasteiger partial charge is 0.515 e. The van der Waals surface area contributed by atoms with Gasteiger partial charge in [-0.2, -0.15) is 0 Å². The van der Waals surface area contributed by atoms with Gasteiger partial charge in [-0.3, -0.25) is 0 Å². The normalized spacial score (nSPS) is 11.0. The molecule has 0 fully saturated rings. The summed E-state index contributed by atoms with van der Waals surface area (Å²) in [6.45, 7) is 2.92. The quantitative estimate of drug-likeness (QED) is 0.449. The Balaban J connectivity index is 1.68. The lowest BCUT2D eigenvalue weighted by Crippen LogP contribution is -2.15. The maximum Gasteiger partial charge on any atom is 0.515 e.